The second-order valence-corrected chi connectivity index (χ2v) is 5.14. The van der Waals surface area contributed by atoms with Crippen molar-refractivity contribution in [1.29, 1.82) is 0 Å². The predicted molar refractivity (Wildman–Crippen MR) is 78.1 cm³/mol. The van der Waals surface area contributed by atoms with E-state index in [-0.39, 0.29) is 5.97 Å². The Balaban J connectivity index is 1.66. The van der Waals surface area contributed by atoms with E-state index in [9.17, 15) is 4.79 Å². The molecule has 0 atom stereocenters. The Kier molecular flexibility index (Phi) is 4.15. The third-order valence-corrected chi connectivity index (χ3v) is 3.84. The maximum atomic E-state index is 11.3. The minimum Gasteiger partial charge on any atom is -0.486 e. The van der Waals surface area contributed by atoms with Crippen molar-refractivity contribution >= 4 is 11.7 Å². The van der Waals surface area contributed by atoms with Gasteiger partial charge in [-0.3, -0.25) is 9.69 Å². The van der Waals surface area contributed by atoms with E-state index in [1.807, 2.05) is 12.1 Å². The zero-order valence-corrected chi connectivity index (χ0v) is 12.2. The molecule has 1 saturated heterocycles. The number of nitrogens with zero attached hydrogens (tertiary/aromatic N) is 2. The number of piperazine rings is 1. The topological polar surface area (TPSA) is 51.2 Å². The number of carbonyl (C=O) groups is 1. The number of esters is 1. The highest BCUT2D eigenvalue weighted by atomic mass is 16.6. The van der Waals surface area contributed by atoms with Crippen LogP contribution in [0.25, 0.3) is 0 Å². The van der Waals surface area contributed by atoms with Gasteiger partial charge in [-0.25, -0.2) is 0 Å². The highest BCUT2D eigenvalue weighted by molar-refractivity contribution is 5.71. The summed E-state index contributed by atoms with van der Waals surface area (Å²) in [5, 5.41) is 0. The van der Waals surface area contributed by atoms with Gasteiger partial charge in [0.05, 0.1) is 19.3 Å². The van der Waals surface area contributed by atoms with Gasteiger partial charge >= 0.3 is 5.97 Å². The number of hydrogen-bond acceptors (Lipinski definition) is 6. The van der Waals surface area contributed by atoms with Gasteiger partial charge in [0.2, 0.25) is 0 Å². The molecule has 0 bridgehead atoms. The summed E-state index contributed by atoms with van der Waals surface area (Å²) in [6, 6.07) is 5.98. The van der Waals surface area contributed by atoms with Crippen molar-refractivity contribution in [2.24, 2.45) is 0 Å². The Hall–Kier alpha value is -1.95. The highest BCUT2D eigenvalue weighted by Crippen LogP contribution is 2.39. The molecule has 2 aliphatic rings. The first-order chi connectivity index (χ1) is 10.3. The van der Waals surface area contributed by atoms with Gasteiger partial charge in [0, 0.05) is 26.2 Å². The van der Waals surface area contributed by atoms with Gasteiger partial charge in [-0.2, -0.15) is 0 Å². The monoisotopic (exact) mass is 292 g/mol. The van der Waals surface area contributed by atoms with Crippen LogP contribution in [-0.2, 0) is 9.53 Å². The van der Waals surface area contributed by atoms with Gasteiger partial charge in [-0.15, -0.1) is 0 Å². The molecule has 114 valence electrons. The lowest BCUT2D eigenvalue weighted by atomic mass is 10.2. The van der Waals surface area contributed by atoms with Crippen LogP contribution >= 0.6 is 0 Å². The average Bonchev–Trinajstić information content (AvgIpc) is 2.55. The van der Waals surface area contributed by atoms with E-state index in [1.54, 1.807) is 0 Å². The minimum atomic E-state index is -0.183. The van der Waals surface area contributed by atoms with Crippen LogP contribution in [-0.4, -0.2) is 63.9 Å². The standard InChI is InChI=1S/C15H20N2O4/c1-19-14(18)11-16-5-7-17(8-6-16)12-3-2-4-13-15(12)21-10-9-20-13/h2-4H,5-11H2,1H3. The fourth-order valence-corrected chi connectivity index (χ4v) is 2.70. The molecular formula is C15H20N2O4. The van der Waals surface area contributed by atoms with Crippen LogP contribution in [0.5, 0.6) is 11.5 Å². The van der Waals surface area contributed by atoms with E-state index >= 15 is 0 Å². The van der Waals surface area contributed by atoms with Crippen LogP contribution in [0.3, 0.4) is 0 Å². The Morgan fingerprint density at radius 2 is 1.95 bits per heavy atom. The van der Waals surface area contributed by atoms with Crippen molar-refractivity contribution in [3.63, 3.8) is 0 Å². The largest absolute Gasteiger partial charge is 0.486 e. The second kappa shape index (κ2) is 6.22. The highest BCUT2D eigenvalue weighted by Gasteiger charge is 2.24. The first kappa shape index (κ1) is 14.0. The summed E-state index contributed by atoms with van der Waals surface area (Å²) in [6.45, 7) is 4.93. The van der Waals surface area contributed by atoms with E-state index in [0.29, 0.717) is 19.8 Å². The minimum absolute atomic E-state index is 0.183. The smallest absolute Gasteiger partial charge is 0.319 e. The summed E-state index contributed by atoms with van der Waals surface area (Å²) in [7, 11) is 1.42. The molecule has 0 aromatic heterocycles. The molecule has 2 aliphatic heterocycles. The van der Waals surface area contributed by atoms with Crippen LogP contribution < -0.4 is 14.4 Å². The third kappa shape index (κ3) is 3.05. The molecule has 0 radical (unpaired) electrons. The molecule has 0 unspecified atom stereocenters. The maximum Gasteiger partial charge on any atom is 0.319 e. The molecule has 0 N–H and O–H groups in total. The van der Waals surface area contributed by atoms with Gasteiger partial charge in [0.15, 0.2) is 11.5 Å². The van der Waals surface area contributed by atoms with Crippen molar-refractivity contribution in [3.8, 4) is 11.5 Å². The van der Waals surface area contributed by atoms with E-state index < -0.39 is 0 Å². The number of hydrogen-bond donors (Lipinski definition) is 0. The SMILES string of the molecule is COC(=O)CN1CCN(c2cccc3c2OCCO3)CC1. The fourth-order valence-electron chi connectivity index (χ4n) is 2.70. The van der Waals surface area contributed by atoms with E-state index in [4.69, 9.17) is 14.2 Å². The maximum absolute atomic E-state index is 11.3. The molecule has 1 aromatic rings. The normalized spacial score (nSPS) is 18.4. The second-order valence-electron chi connectivity index (χ2n) is 5.14. The third-order valence-electron chi connectivity index (χ3n) is 3.84. The molecule has 6 nitrogen and oxygen atoms in total. The van der Waals surface area contributed by atoms with Gasteiger partial charge < -0.3 is 19.1 Å². The fraction of sp³-hybridized carbons (Fsp3) is 0.533. The Morgan fingerprint density at radius 1 is 1.19 bits per heavy atom. The number of fused-ring (bicyclic) bond motifs is 1. The zero-order valence-electron chi connectivity index (χ0n) is 12.2. The molecule has 0 saturated carbocycles. The first-order valence-electron chi connectivity index (χ1n) is 7.20. The first-order valence-corrected chi connectivity index (χ1v) is 7.20. The molecule has 6 heteroatoms. The molecule has 0 spiro atoms. The van der Waals surface area contributed by atoms with E-state index in [0.717, 1.165) is 43.4 Å². The van der Waals surface area contributed by atoms with E-state index in [1.165, 1.54) is 7.11 Å². The Bertz CT molecular complexity index is 512. The van der Waals surface area contributed by atoms with Gasteiger partial charge in [-0.1, -0.05) is 6.07 Å². The predicted octanol–water partition coefficient (Wildman–Crippen LogP) is 0.753. The van der Waals surface area contributed by atoms with Crippen molar-refractivity contribution in [1.82, 2.24) is 4.90 Å². The van der Waals surface area contributed by atoms with Gasteiger partial charge in [-0.05, 0) is 12.1 Å². The lowest BCUT2D eigenvalue weighted by Gasteiger charge is -2.36. The summed E-state index contributed by atoms with van der Waals surface area (Å²) >= 11 is 0. The summed E-state index contributed by atoms with van der Waals surface area (Å²) in [6.07, 6.45) is 0. The zero-order chi connectivity index (χ0) is 14.7. The number of para-hydroxylation sites is 1. The molecule has 0 aliphatic carbocycles. The number of anilines is 1. The lowest BCUT2D eigenvalue weighted by Crippen LogP contribution is -2.48. The number of benzene rings is 1. The number of carbonyl (C=O) groups excluding carboxylic acids is 1. The van der Waals surface area contributed by atoms with Crippen molar-refractivity contribution < 1.29 is 19.0 Å². The molecule has 3 rings (SSSR count). The molecular weight excluding hydrogens is 272 g/mol. The molecule has 2 heterocycles. The number of methoxy groups -OCH3 is 1. The van der Waals surface area contributed by atoms with Crippen LogP contribution in [0, 0.1) is 0 Å². The Morgan fingerprint density at radius 3 is 2.71 bits per heavy atom. The van der Waals surface area contributed by atoms with Gasteiger partial charge in [0.25, 0.3) is 0 Å². The van der Waals surface area contributed by atoms with Crippen LogP contribution in [0.4, 0.5) is 5.69 Å². The molecule has 0 amide bonds. The van der Waals surface area contributed by atoms with Crippen LogP contribution in [0.2, 0.25) is 0 Å². The molecule has 1 fully saturated rings. The van der Waals surface area contributed by atoms with Crippen LogP contribution in [0.15, 0.2) is 18.2 Å². The number of ether oxygens (including phenoxy) is 3. The number of rotatable bonds is 3. The summed E-state index contributed by atoms with van der Waals surface area (Å²) < 4.78 is 16.1. The van der Waals surface area contributed by atoms with Gasteiger partial charge in [0.1, 0.15) is 13.2 Å². The quantitative estimate of drug-likeness (QED) is 0.767. The van der Waals surface area contributed by atoms with E-state index in [2.05, 4.69) is 15.9 Å². The van der Waals surface area contributed by atoms with Crippen molar-refractivity contribution in [2.45, 2.75) is 0 Å². The lowest BCUT2D eigenvalue weighted by molar-refractivity contribution is -0.142. The summed E-state index contributed by atoms with van der Waals surface area (Å²) in [4.78, 5) is 15.7. The Labute approximate surface area is 124 Å². The van der Waals surface area contributed by atoms with Crippen molar-refractivity contribution in [2.75, 3.05) is 57.9 Å². The average molecular weight is 292 g/mol. The molecule has 1 aromatic carbocycles. The summed E-state index contributed by atoms with van der Waals surface area (Å²) in [5.41, 5.74) is 1.07. The van der Waals surface area contributed by atoms with Crippen LogP contribution in [0.1, 0.15) is 0 Å². The molecule has 21 heavy (non-hydrogen) atoms. The van der Waals surface area contributed by atoms with Crippen molar-refractivity contribution in [3.05, 3.63) is 18.2 Å². The summed E-state index contributed by atoms with van der Waals surface area (Å²) in [5.74, 6) is 1.47.